The third kappa shape index (κ3) is 58.8. The maximum atomic E-state index is 10.2. The molecular formula is C16H33Cl5O10. The minimum absolute atomic E-state index is 0.108. The molecule has 0 aliphatic carbocycles. The van der Waals surface area contributed by atoms with Gasteiger partial charge in [0, 0.05) is 25.6 Å². The summed E-state index contributed by atoms with van der Waals surface area (Å²) in [6, 6.07) is 0. The van der Waals surface area contributed by atoms with Crippen molar-refractivity contribution in [1.29, 1.82) is 0 Å². The maximum absolute atomic E-state index is 10.2. The van der Waals surface area contributed by atoms with Gasteiger partial charge < -0.3 is 40.5 Å². The van der Waals surface area contributed by atoms with Gasteiger partial charge in [0.1, 0.15) is 12.2 Å². The van der Waals surface area contributed by atoms with Gasteiger partial charge in [0.2, 0.25) is 0 Å². The van der Waals surface area contributed by atoms with Crippen LogP contribution in [0.4, 0.5) is 0 Å². The van der Waals surface area contributed by atoms with Gasteiger partial charge in [0.15, 0.2) is 0 Å². The van der Waals surface area contributed by atoms with E-state index in [1.54, 1.807) is 0 Å². The number of rotatable bonds is 9. The molecule has 0 fully saturated rings. The van der Waals surface area contributed by atoms with Gasteiger partial charge in [-0.15, -0.1) is 58.0 Å². The second-order valence-electron chi connectivity index (χ2n) is 5.03. The summed E-state index contributed by atoms with van der Waals surface area (Å²) in [6.07, 6.45) is -2.57. The highest BCUT2D eigenvalue weighted by Gasteiger charge is 2.07. The average molecular weight is 563 g/mol. The summed E-state index contributed by atoms with van der Waals surface area (Å²) >= 11 is 26.0. The highest BCUT2D eigenvalue weighted by atomic mass is 35.5. The zero-order chi connectivity index (χ0) is 25.8. The van der Waals surface area contributed by atoms with Gasteiger partial charge >= 0.3 is 5.97 Å². The molecule has 10 nitrogen and oxygen atoms in total. The summed E-state index contributed by atoms with van der Waals surface area (Å²) < 4.78 is 4.65. The van der Waals surface area contributed by atoms with Gasteiger partial charge in [-0.25, -0.2) is 0 Å². The number of hydrogen-bond acceptors (Lipinski definition) is 9. The summed E-state index contributed by atoms with van der Waals surface area (Å²) in [5.41, 5.74) is 0. The molecule has 0 aromatic carbocycles. The van der Waals surface area contributed by atoms with Crippen LogP contribution in [0.5, 0.6) is 0 Å². The number of aliphatic hydroxyl groups excluding tert-OH is 6. The first-order valence-corrected chi connectivity index (χ1v) is 11.1. The number of esters is 1. The number of hydrogen-bond donors (Lipinski definition) is 7. The Kier molecular flexibility index (Phi) is 46.4. The van der Waals surface area contributed by atoms with E-state index in [0.717, 1.165) is 6.92 Å². The smallest absolute Gasteiger partial charge is 0.302 e. The monoisotopic (exact) mass is 560 g/mol. The lowest BCUT2D eigenvalue weighted by molar-refractivity contribution is -0.144. The molecule has 0 saturated heterocycles. The van der Waals surface area contributed by atoms with Crippen molar-refractivity contribution in [2.24, 2.45) is 0 Å². The van der Waals surface area contributed by atoms with Gasteiger partial charge in [-0.1, -0.05) is 0 Å². The fourth-order valence-electron chi connectivity index (χ4n) is 0.487. The molecule has 0 saturated carbocycles. The largest absolute Gasteiger partial charge is 0.481 e. The van der Waals surface area contributed by atoms with E-state index in [1.165, 1.54) is 6.92 Å². The van der Waals surface area contributed by atoms with Gasteiger partial charge in [-0.2, -0.15) is 0 Å². The number of carboxylic acids is 1. The average Bonchev–Trinajstić information content (AvgIpc) is 2.76. The van der Waals surface area contributed by atoms with Crippen LogP contribution in [-0.2, 0) is 14.3 Å². The van der Waals surface area contributed by atoms with Crippen molar-refractivity contribution in [3.8, 4) is 0 Å². The van der Waals surface area contributed by atoms with Crippen molar-refractivity contribution in [2.75, 3.05) is 49.2 Å². The molecule has 0 radical (unpaired) electrons. The van der Waals surface area contributed by atoms with Crippen LogP contribution < -0.4 is 0 Å². The van der Waals surface area contributed by atoms with E-state index in [2.05, 4.69) is 4.74 Å². The highest BCUT2D eigenvalue weighted by Crippen LogP contribution is 1.98. The van der Waals surface area contributed by atoms with Crippen molar-refractivity contribution in [1.82, 2.24) is 0 Å². The Morgan fingerprint density at radius 1 is 0.677 bits per heavy atom. The molecule has 0 amide bonds. The summed E-state index contributed by atoms with van der Waals surface area (Å²) in [6.45, 7) is 1.43. The molecule has 1 unspecified atom stereocenters. The van der Waals surface area contributed by atoms with Gasteiger partial charge in [0.05, 0.1) is 49.7 Å². The molecule has 0 aliphatic heterocycles. The Morgan fingerprint density at radius 3 is 1.00 bits per heavy atom. The fourth-order valence-corrected chi connectivity index (χ4v) is 1.37. The van der Waals surface area contributed by atoms with Gasteiger partial charge in [0.25, 0.3) is 5.97 Å². The first-order chi connectivity index (χ1) is 14.4. The van der Waals surface area contributed by atoms with Crippen LogP contribution in [0.3, 0.4) is 0 Å². The number of carbonyl (C=O) groups is 2. The lowest BCUT2D eigenvalue weighted by atomic mass is 10.4. The molecule has 192 valence electrons. The number of ether oxygens (including phenoxy) is 1. The van der Waals surface area contributed by atoms with E-state index in [9.17, 15) is 4.79 Å². The van der Waals surface area contributed by atoms with E-state index in [-0.39, 0.29) is 61.3 Å². The van der Waals surface area contributed by atoms with E-state index < -0.39 is 24.3 Å². The lowest BCUT2D eigenvalue weighted by Crippen LogP contribution is -2.19. The van der Waals surface area contributed by atoms with Crippen LogP contribution in [0.1, 0.15) is 13.8 Å². The van der Waals surface area contributed by atoms with Crippen LogP contribution in [0.2, 0.25) is 0 Å². The predicted molar refractivity (Wildman–Crippen MR) is 122 cm³/mol. The molecule has 0 rings (SSSR count). The van der Waals surface area contributed by atoms with E-state index >= 15 is 0 Å². The molecule has 1 atom stereocenters. The topological polar surface area (TPSA) is 185 Å². The number of aliphatic hydroxyl groups is 6. The Hall–Kier alpha value is 0.150. The van der Waals surface area contributed by atoms with Gasteiger partial charge in [-0.05, 0) is 0 Å². The Balaban J connectivity index is -0.0000000931. The Bertz CT molecular complexity index is 326. The minimum Gasteiger partial charge on any atom is -0.481 e. The minimum atomic E-state index is -0.954. The Morgan fingerprint density at radius 2 is 0.968 bits per heavy atom. The van der Waals surface area contributed by atoms with Crippen molar-refractivity contribution >= 4 is 69.9 Å². The Labute approximate surface area is 207 Å². The molecule has 0 bridgehead atoms. The second-order valence-corrected chi connectivity index (χ2v) is 6.57. The third-order valence-electron chi connectivity index (χ3n) is 1.84. The first-order valence-electron chi connectivity index (χ1n) is 8.40. The molecular weight excluding hydrogens is 529 g/mol. The zero-order valence-corrected chi connectivity index (χ0v) is 21.0. The summed E-state index contributed by atoms with van der Waals surface area (Å²) in [7, 11) is 0. The number of aliphatic carboxylic acids is 1. The normalized spacial score (nSPS) is 10.3. The summed E-state index contributed by atoms with van der Waals surface area (Å²) in [4.78, 5) is 19.2. The fraction of sp³-hybridized carbons (Fsp3) is 0.875. The number of alkyl halides is 5. The molecule has 0 aromatic rings. The molecule has 15 heteroatoms. The van der Waals surface area contributed by atoms with Crippen LogP contribution in [-0.4, -0.2) is 121 Å². The molecule has 0 aliphatic rings. The van der Waals surface area contributed by atoms with Crippen molar-refractivity contribution in [2.45, 2.75) is 38.3 Å². The quantitative estimate of drug-likeness (QED) is 0.151. The predicted octanol–water partition coefficient (Wildman–Crippen LogP) is 0.222. The standard InChI is InChI=1S/C5H8Cl2O2.C3H6Cl2O.C3H7ClO2.C3H8O3.C2H4O2/c1-4(8)9-5(2-6)3-7;3*4-1-3(6)2-5;1-2(3)4/h5H,2-3H2,1H3;3,6H,1-2H2;3,5-6H,1-2H2;3-6H,1-2H2;1H3,(H,3,4). The molecule has 0 spiro atoms. The van der Waals surface area contributed by atoms with Crippen molar-refractivity contribution < 1.29 is 50.1 Å². The van der Waals surface area contributed by atoms with Crippen LogP contribution in [0.15, 0.2) is 0 Å². The van der Waals surface area contributed by atoms with Crippen molar-refractivity contribution in [3.63, 3.8) is 0 Å². The first kappa shape index (κ1) is 41.4. The maximum Gasteiger partial charge on any atom is 0.302 e. The van der Waals surface area contributed by atoms with Crippen LogP contribution >= 0.6 is 58.0 Å². The molecule has 7 N–H and O–H groups in total. The SMILES string of the molecule is CC(=O)O.CC(=O)OC(CCl)CCl.OC(CCl)CCl.OCC(O)CCl.OCC(O)CO. The van der Waals surface area contributed by atoms with Crippen LogP contribution in [0.25, 0.3) is 0 Å². The van der Waals surface area contributed by atoms with E-state index in [4.69, 9.17) is 98.5 Å². The van der Waals surface area contributed by atoms with E-state index in [0.29, 0.717) is 0 Å². The van der Waals surface area contributed by atoms with Gasteiger partial charge in [-0.3, -0.25) is 9.59 Å². The van der Waals surface area contributed by atoms with E-state index in [1.807, 2.05) is 0 Å². The molecule has 31 heavy (non-hydrogen) atoms. The molecule has 0 heterocycles. The molecule has 0 aromatic heterocycles. The summed E-state index contributed by atoms with van der Waals surface area (Å²) in [5.74, 6) is -0.114. The van der Waals surface area contributed by atoms with Crippen molar-refractivity contribution in [3.05, 3.63) is 0 Å². The summed E-state index contributed by atoms with van der Waals surface area (Å²) in [5, 5.41) is 56.1. The number of carboxylic acid groups (broad SMARTS) is 1. The second kappa shape index (κ2) is 34.8. The van der Waals surface area contributed by atoms with Crippen LogP contribution in [0, 0.1) is 0 Å². The lowest BCUT2D eigenvalue weighted by Gasteiger charge is -2.08. The highest BCUT2D eigenvalue weighted by molar-refractivity contribution is 6.21. The third-order valence-corrected chi connectivity index (χ3v) is 3.60. The zero-order valence-electron chi connectivity index (χ0n) is 17.2. The number of carbonyl (C=O) groups excluding carboxylic acids is 1. The number of halogens is 5.